The van der Waals surface area contributed by atoms with Gasteiger partial charge in [-0.3, -0.25) is 4.68 Å². The number of nitrogens with zero attached hydrogens (tertiary/aromatic N) is 3. The van der Waals surface area contributed by atoms with Crippen LogP contribution in [0.5, 0.6) is 0 Å². The third kappa shape index (κ3) is 2.76. The van der Waals surface area contributed by atoms with Gasteiger partial charge in [0.1, 0.15) is 4.90 Å². The molecule has 1 aromatic rings. The molecule has 1 saturated heterocycles. The lowest BCUT2D eigenvalue weighted by atomic mass is 9.92. The van der Waals surface area contributed by atoms with E-state index in [1.165, 1.54) is 0 Å². The summed E-state index contributed by atoms with van der Waals surface area (Å²) in [6, 6.07) is 0.0711. The Morgan fingerprint density at radius 2 is 1.95 bits per heavy atom. The van der Waals surface area contributed by atoms with Crippen LogP contribution in [-0.2, 0) is 22.5 Å². The first-order valence-electron chi connectivity index (χ1n) is 7.20. The molecule has 114 valence electrons. The topological polar surface area (TPSA) is 55.2 Å². The summed E-state index contributed by atoms with van der Waals surface area (Å²) in [6.45, 7) is 8.59. The first-order valence-corrected chi connectivity index (χ1v) is 8.64. The summed E-state index contributed by atoms with van der Waals surface area (Å²) in [5.41, 5.74) is 0.362. The number of sulfonamides is 1. The molecule has 5 nitrogen and oxygen atoms in total. The van der Waals surface area contributed by atoms with Crippen LogP contribution in [0, 0.1) is 0 Å². The number of rotatable bonds is 2. The summed E-state index contributed by atoms with van der Waals surface area (Å²) in [5, 5.41) is 4.38. The molecule has 0 saturated carbocycles. The van der Waals surface area contributed by atoms with E-state index < -0.39 is 10.0 Å². The third-order valence-corrected chi connectivity index (χ3v) is 5.85. The third-order valence-electron chi connectivity index (χ3n) is 3.83. The molecule has 6 heteroatoms. The van der Waals surface area contributed by atoms with Crippen molar-refractivity contribution in [1.29, 1.82) is 0 Å². The molecular weight excluding hydrogens is 274 g/mol. The fraction of sp³-hybridized carbons (Fsp3) is 0.786. The Hall–Kier alpha value is -0.880. The second kappa shape index (κ2) is 5.15. The van der Waals surface area contributed by atoms with Gasteiger partial charge in [-0.25, -0.2) is 8.42 Å². The molecule has 0 bridgehead atoms. The largest absolute Gasteiger partial charge is 0.274 e. The van der Waals surface area contributed by atoms with Gasteiger partial charge in [0.25, 0.3) is 0 Å². The van der Waals surface area contributed by atoms with Gasteiger partial charge in [-0.1, -0.05) is 27.2 Å². The van der Waals surface area contributed by atoms with Crippen LogP contribution < -0.4 is 0 Å². The van der Waals surface area contributed by atoms with Crippen molar-refractivity contribution in [2.24, 2.45) is 7.05 Å². The molecule has 0 radical (unpaired) electrons. The van der Waals surface area contributed by atoms with Crippen LogP contribution in [0.4, 0.5) is 0 Å². The summed E-state index contributed by atoms with van der Waals surface area (Å²) in [7, 11) is -1.68. The van der Waals surface area contributed by atoms with E-state index in [1.807, 2.05) is 27.7 Å². The highest BCUT2D eigenvalue weighted by Crippen LogP contribution is 2.32. The van der Waals surface area contributed by atoms with Gasteiger partial charge in [0.2, 0.25) is 10.0 Å². The van der Waals surface area contributed by atoms with Crippen molar-refractivity contribution in [3.63, 3.8) is 0 Å². The molecule has 0 aromatic carbocycles. The van der Waals surface area contributed by atoms with Gasteiger partial charge in [-0.15, -0.1) is 0 Å². The highest BCUT2D eigenvalue weighted by Gasteiger charge is 2.36. The first kappa shape index (κ1) is 15.5. The van der Waals surface area contributed by atoms with Gasteiger partial charge >= 0.3 is 0 Å². The fourth-order valence-electron chi connectivity index (χ4n) is 2.73. The van der Waals surface area contributed by atoms with Gasteiger partial charge in [0.15, 0.2) is 0 Å². The van der Waals surface area contributed by atoms with E-state index in [1.54, 1.807) is 22.2 Å². The molecular formula is C14H25N3O2S. The van der Waals surface area contributed by atoms with Crippen molar-refractivity contribution in [3.05, 3.63) is 11.9 Å². The summed E-state index contributed by atoms with van der Waals surface area (Å²) in [6.07, 6.45) is 4.61. The number of aromatic nitrogens is 2. The second-order valence-electron chi connectivity index (χ2n) is 6.73. The molecule has 1 aliphatic heterocycles. The second-order valence-corrected chi connectivity index (χ2v) is 8.59. The molecule has 1 unspecified atom stereocenters. The maximum atomic E-state index is 13.0. The maximum absolute atomic E-state index is 13.0. The zero-order chi connectivity index (χ0) is 15.1. The molecule has 0 N–H and O–H groups in total. The standard InChI is InChI=1S/C14H25N3O2S/c1-11-8-6-7-9-17(11)20(18,19)12-10-16(5)15-13(12)14(2,3)4/h10-11H,6-9H2,1-5H3. The molecule has 1 atom stereocenters. The van der Waals surface area contributed by atoms with E-state index in [9.17, 15) is 8.42 Å². The average Bonchev–Trinajstić information content (AvgIpc) is 2.72. The molecule has 0 aliphatic carbocycles. The van der Waals surface area contributed by atoms with E-state index in [-0.39, 0.29) is 11.5 Å². The first-order chi connectivity index (χ1) is 9.14. The fourth-order valence-corrected chi connectivity index (χ4v) is 4.81. The monoisotopic (exact) mass is 299 g/mol. The molecule has 20 heavy (non-hydrogen) atoms. The highest BCUT2D eigenvalue weighted by atomic mass is 32.2. The molecule has 1 aromatic heterocycles. The SMILES string of the molecule is CC1CCCCN1S(=O)(=O)c1cn(C)nc1C(C)(C)C. The summed E-state index contributed by atoms with van der Waals surface area (Å²) in [4.78, 5) is 0.362. The van der Waals surface area contributed by atoms with Crippen molar-refractivity contribution in [2.75, 3.05) is 6.54 Å². The summed E-state index contributed by atoms with van der Waals surface area (Å²) >= 11 is 0. The minimum atomic E-state index is -3.45. The van der Waals surface area contributed by atoms with Crippen LogP contribution in [0.15, 0.2) is 11.1 Å². The van der Waals surface area contributed by atoms with Gasteiger partial charge in [0.05, 0.1) is 5.69 Å². The zero-order valence-electron chi connectivity index (χ0n) is 13.0. The van der Waals surface area contributed by atoms with Gasteiger partial charge < -0.3 is 0 Å². The molecule has 0 spiro atoms. The molecule has 2 rings (SSSR count). The quantitative estimate of drug-likeness (QED) is 0.842. The van der Waals surface area contributed by atoms with Crippen LogP contribution in [0.25, 0.3) is 0 Å². The lowest BCUT2D eigenvalue weighted by molar-refractivity contribution is 0.268. The van der Waals surface area contributed by atoms with Crippen molar-refractivity contribution in [3.8, 4) is 0 Å². The van der Waals surface area contributed by atoms with Crippen LogP contribution in [-0.4, -0.2) is 35.1 Å². The van der Waals surface area contributed by atoms with Gasteiger partial charge in [-0.2, -0.15) is 9.40 Å². The van der Waals surface area contributed by atoms with Gasteiger partial charge in [0, 0.05) is 31.2 Å². The molecule has 2 heterocycles. The normalized spacial score (nSPS) is 22.1. The summed E-state index contributed by atoms with van der Waals surface area (Å²) in [5.74, 6) is 0. The number of aryl methyl sites for hydroxylation is 1. The number of hydrogen-bond acceptors (Lipinski definition) is 3. The lowest BCUT2D eigenvalue weighted by Gasteiger charge is -2.32. The van der Waals surface area contributed by atoms with Crippen LogP contribution in [0.1, 0.15) is 52.7 Å². The van der Waals surface area contributed by atoms with Crippen LogP contribution in [0.2, 0.25) is 0 Å². The predicted molar refractivity (Wildman–Crippen MR) is 79.1 cm³/mol. The minimum absolute atomic E-state index is 0.0711. The summed E-state index contributed by atoms with van der Waals surface area (Å²) < 4.78 is 29.1. The average molecular weight is 299 g/mol. The zero-order valence-corrected chi connectivity index (χ0v) is 13.9. The number of hydrogen-bond donors (Lipinski definition) is 0. The van der Waals surface area contributed by atoms with E-state index in [0.29, 0.717) is 17.1 Å². The minimum Gasteiger partial charge on any atom is -0.274 e. The van der Waals surface area contributed by atoms with Crippen molar-refractivity contribution in [1.82, 2.24) is 14.1 Å². The Kier molecular flexibility index (Phi) is 3.99. The molecule has 1 aliphatic rings. The van der Waals surface area contributed by atoms with Crippen molar-refractivity contribution in [2.45, 2.75) is 63.3 Å². The van der Waals surface area contributed by atoms with Crippen molar-refractivity contribution < 1.29 is 8.42 Å². The predicted octanol–water partition coefficient (Wildman–Crippen LogP) is 2.28. The van der Waals surface area contributed by atoms with Gasteiger partial charge in [-0.05, 0) is 19.8 Å². The Morgan fingerprint density at radius 3 is 2.50 bits per heavy atom. The Bertz CT molecular complexity index is 584. The molecule has 0 amide bonds. The highest BCUT2D eigenvalue weighted by molar-refractivity contribution is 7.89. The van der Waals surface area contributed by atoms with Crippen LogP contribution in [0.3, 0.4) is 0 Å². The maximum Gasteiger partial charge on any atom is 0.246 e. The van der Waals surface area contributed by atoms with E-state index in [4.69, 9.17) is 0 Å². The van der Waals surface area contributed by atoms with E-state index >= 15 is 0 Å². The van der Waals surface area contributed by atoms with E-state index in [0.717, 1.165) is 19.3 Å². The Labute approximate surface area is 122 Å². The smallest absolute Gasteiger partial charge is 0.246 e. The molecule has 1 fully saturated rings. The Morgan fingerprint density at radius 1 is 1.30 bits per heavy atom. The lowest BCUT2D eigenvalue weighted by Crippen LogP contribution is -2.42. The van der Waals surface area contributed by atoms with E-state index in [2.05, 4.69) is 5.10 Å². The van der Waals surface area contributed by atoms with Crippen LogP contribution >= 0.6 is 0 Å². The van der Waals surface area contributed by atoms with Crippen molar-refractivity contribution >= 4 is 10.0 Å². The number of piperidine rings is 1. The Balaban J connectivity index is 2.49.